The number of aromatic nitrogens is 3. The zero-order valence-corrected chi connectivity index (χ0v) is 14.7. The van der Waals surface area contributed by atoms with Gasteiger partial charge >= 0.3 is 0 Å². The van der Waals surface area contributed by atoms with Crippen molar-refractivity contribution in [2.75, 3.05) is 7.11 Å². The molecule has 0 saturated carbocycles. The number of nitrogens with one attached hydrogen (secondary N) is 1. The monoisotopic (exact) mass is 348 g/mol. The average Bonchev–Trinajstić information content (AvgIpc) is 3.11. The number of carbonyl (C=O) groups excluding carboxylic acids is 1. The van der Waals surface area contributed by atoms with Crippen molar-refractivity contribution in [1.29, 1.82) is 0 Å². The van der Waals surface area contributed by atoms with Crippen molar-refractivity contribution < 1.29 is 9.53 Å². The van der Waals surface area contributed by atoms with Crippen molar-refractivity contribution in [3.05, 3.63) is 84.2 Å². The lowest BCUT2D eigenvalue weighted by Gasteiger charge is -2.19. The molecule has 1 unspecified atom stereocenters. The highest BCUT2D eigenvalue weighted by molar-refractivity contribution is 5.92. The number of rotatable bonds is 6. The molecule has 0 aliphatic carbocycles. The number of hydrogen-bond donors (Lipinski definition) is 1. The molecule has 3 aromatic rings. The van der Waals surface area contributed by atoms with E-state index >= 15 is 0 Å². The van der Waals surface area contributed by atoms with Gasteiger partial charge in [0.15, 0.2) is 0 Å². The summed E-state index contributed by atoms with van der Waals surface area (Å²) in [7, 11) is 3.51. The maximum atomic E-state index is 12.5. The molecule has 132 valence electrons. The van der Waals surface area contributed by atoms with Crippen LogP contribution < -0.4 is 10.1 Å². The molecule has 3 rings (SSSR count). The molecule has 0 aliphatic rings. The average molecular weight is 348 g/mol. The van der Waals surface area contributed by atoms with Crippen molar-refractivity contribution in [2.24, 2.45) is 7.05 Å². The van der Waals surface area contributed by atoms with Gasteiger partial charge in [-0.05, 0) is 35.4 Å². The van der Waals surface area contributed by atoms with Gasteiger partial charge in [0.2, 0.25) is 5.91 Å². The number of imidazole rings is 1. The van der Waals surface area contributed by atoms with Crippen LogP contribution in [-0.4, -0.2) is 27.6 Å². The fraction of sp³-hybridized carbons (Fsp3) is 0.150. The van der Waals surface area contributed by atoms with Gasteiger partial charge in [0, 0.05) is 37.9 Å². The molecule has 0 radical (unpaired) electrons. The minimum absolute atomic E-state index is 0.218. The normalized spacial score (nSPS) is 12.1. The number of nitrogens with zero attached hydrogens (tertiary/aromatic N) is 3. The van der Waals surface area contributed by atoms with E-state index in [0.29, 0.717) is 0 Å². The maximum absolute atomic E-state index is 12.5. The van der Waals surface area contributed by atoms with Gasteiger partial charge in [-0.1, -0.05) is 18.2 Å². The molecule has 1 N–H and O–H groups in total. The third-order valence-electron chi connectivity index (χ3n) is 3.94. The van der Waals surface area contributed by atoms with Gasteiger partial charge in [-0.3, -0.25) is 9.78 Å². The Kier molecular flexibility index (Phi) is 5.43. The van der Waals surface area contributed by atoms with Crippen LogP contribution in [-0.2, 0) is 11.8 Å². The predicted octanol–water partition coefficient (Wildman–Crippen LogP) is 2.74. The quantitative estimate of drug-likeness (QED) is 0.696. The SMILES string of the molecule is COc1cccc(C(NC(=O)/C=C/c2cccnc2)c2nccn2C)c1. The van der Waals surface area contributed by atoms with Gasteiger partial charge in [-0.15, -0.1) is 0 Å². The number of benzene rings is 1. The Bertz CT molecular complexity index is 903. The fourth-order valence-corrected chi connectivity index (χ4v) is 2.61. The minimum Gasteiger partial charge on any atom is -0.497 e. The lowest BCUT2D eigenvalue weighted by molar-refractivity contribution is -0.117. The van der Waals surface area contributed by atoms with E-state index in [9.17, 15) is 4.79 Å². The third-order valence-corrected chi connectivity index (χ3v) is 3.94. The molecule has 26 heavy (non-hydrogen) atoms. The molecule has 1 aromatic carbocycles. The molecule has 0 bridgehead atoms. The summed E-state index contributed by atoms with van der Waals surface area (Å²) >= 11 is 0. The molecule has 0 aliphatic heterocycles. The summed E-state index contributed by atoms with van der Waals surface area (Å²) in [5.74, 6) is 1.24. The lowest BCUT2D eigenvalue weighted by Crippen LogP contribution is -2.29. The number of pyridine rings is 1. The van der Waals surface area contributed by atoms with E-state index in [1.807, 2.05) is 54.2 Å². The van der Waals surface area contributed by atoms with E-state index in [4.69, 9.17) is 4.74 Å². The second-order valence-corrected chi connectivity index (χ2v) is 5.73. The van der Waals surface area contributed by atoms with Crippen LogP contribution in [0.4, 0.5) is 0 Å². The molecule has 6 heteroatoms. The Morgan fingerprint density at radius 3 is 2.85 bits per heavy atom. The number of ether oxygens (including phenoxy) is 1. The third kappa shape index (κ3) is 4.16. The summed E-state index contributed by atoms with van der Waals surface area (Å²) in [5.41, 5.74) is 1.75. The van der Waals surface area contributed by atoms with Crippen molar-refractivity contribution in [1.82, 2.24) is 19.9 Å². The Labute approximate surface area is 152 Å². The van der Waals surface area contributed by atoms with E-state index in [1.54, 1.807) is 31.8 Å². The summed E-state index contributed by atoms with van der Waals surface area (Å²) in [4.78, 5) is 20.9. The second kappa shape index (κ2) is 8.11. The molecular formula is C20H20N4O2. The first-order chi connectivity index (χ1) is 12.7. The van der Waals surface area contributed by atoms with E-state index in [0.717, 1.165) is 22.7 Å². The van der Waals surface area contributed by atoms with Crippen molar-refractivity contribution in [3.8, 4) is 5.75 Å². The Hall–Kier alpha value is -3.41. The van der Waals surface area contributed by atoms with E-state index < -0.39 is 6.04 Å². The minimum atomic E-state index is -0.392. The predicted molar refractivity (Wildman–Crippen MR) is 99.5 cm³/mol. The fourth-order valence-electron chi connectivity index (χ4n) is 2.61. The van der Waals surface area contributed by atoms with Crippen molar-refractivity contribution >= 4 is 12.0 Å². The highest BCUT2D eigenvalue weighted by atomic mass is 16.5. The molecule has 0 spiro atoms. The Morgan fingerprint density at radius 1 is 1.27 bits per heavy atom. The summed E-state index contributed by atoms with van der Waals surface area (Å²) in [6.45, 7) is 0. The topological polar surface area (TPSA) is 69.0 Å². The number of methoxy groups -OCH3 is 1. The first kappa shape index (κ1) is 17.4. The highest BCUT2D eigenvalue weighted by Gasteiger charge is 2.20. The molecule has 0 fully saturated rings. The van der Waals surface area contributed by atoms with E-state index in [-0.39, 0.29) is 5.91 Å². The number of amides is 1. The van der Waals surface area contributed by atoms with Gasteiger partial charge < -0.3 is 14.6 Å². The first-order valence-electron chi connectivity index (χ1n) is 8.17. The number of aryl methyl sites for hydroxylation is 1. The summed E-state index contributed by atoms with van der Waals surface area (Å²) in [5, 5.41) is 3.01. The van der Waals surface area contributed by atoms with Gasteiger partial charge in [-0.25, -0.2) is 4.98 Å². The summed E-state index contributed by atoms with van der Waals surface area (Å²) in [6, 6.07) is 10.9. The van der Waals surface area contributed by atoms with Crippen molar-refractivity contribution in [2.45, 2.75) is 6.04 Å². The molecule has 1 amide bonds. The van der Waals surface area contributed by atoms with Gasteiger partial charge in [0.05, 0.1) is 7.11 Å². The van der Waals surface area contributed by atoms with Gasteiger partial charge in [0.1, 0.15) is 17.6 Å². The van der Waals surface area contributed by atoms with Crippen LogP contribution in [0.3, 0.4) is 0 Å². The molecule has 0 saturated heterocycles. The summed E-state index contributed by atoms with van der Waals surface area (Å²) in [6.07, 6.45) is 10.2. The maximum Gasteiger partial charge on any atom is 0.244 e. The standard InChI is InChI=1S/C20H20N4O2/c1-24-12-11-22-20(24)19(16-6-3-7-17(13-16)26-2)23-18(25)9-8-15-5-4-10-21-14-15/h3-14,19H,1-2H3,(H,23,25)/b9-8+. The molecule has 2 heterocycles. The Balaban J connectivity index is 1.85. The van der Waals surface area contributed by atoms with Crippen LogP contribution in [0, 0.1) is 0 Å². The Morgan fingerprint density at radius 2 is 2.15 bits per heavy atom. The van der Waals surface area contributed by atoms with E-state index in [1.165, 1.54) is 6.08 Å². The van der Waals surface area contributed by atoms with Crippen LogP contribution in [0.1, 0.15) is 23.0 Å². The van der Waals surface area contributed by atoms with Crippen LogP contribution in [0.25, 0.3) is 6.08 Å². The zero-order valence-electron chi connectivity index (χ0n) is 14.7. The molecule has 2 aromatic heterocycles. The van der Waals surface area contributed by atoms with Crippen LogP contribution in [0.5, 0.6) is 5.75 Å². The smallest absolute Gasteiger partial charge is 0.244 e. The zero-order chi connectivity index (χ0) is 18.4. The van der Waals surface area contributed by atoms with Crippen LogP contribution in [0.2, 0.25) is 0 Å². The highest BCUT2D eigenvalue weighted by Crippen LogP contribution is 2.24. The molecular weight excluding hydrogens is 328 g/mol. The van der Waals surface area contributed by atoms with Gasteiger partial charge in [0.25, 0.3) is 0 Å². The molecule has 6 nitrogen and oxygen atoms in total. The van der Waals surface area contributed by atoms with Gasteiger partial charge in [-0.2, -0.15) is 0 Å². The second-order valence-electron chi connectivity index (χ2n) is 5.73. The number of carbonyl (C=O) groups is 1. The van der Waals surface area contributed by atoms with Crippen molar-refractivity contribution in [3.63, 3.8) is 0 Å². The summed E-state index contributed by atoms with van der Waals surface area (Å²) < 4.78 is 7.19. The van der Waals surface area contributed by atoms with E-state index in [2.05, 4.69) is 15.3 Å². The van der Waals surface area contributed by atoms with Crippen LogP contribution >= 0.6 is 0 Å². The van der Waals surface area contributed by atoms with Crippen LogP contribution in [0.15, 0.2) is 67.3 Å². The number of hydrogen-bond acceptors (Lipinski definition) is 4. The largest absolute Gasteiger partial charge is 0.497 e. The first-order valence-corrected chi connectivity index (χ1v) is 8.17. The lowest BCUT2D eigenvalue weighted by atomic mass is 10.1. The molecule has 1 atom stereocenters.